The van der Waals surface area contributed by atoms with Gasteiger partial charge in [-0.1, -0.05) is 115 Å². The monoisotopic (exact) mass is 580 g/mol. The van der Waals surface area contributed by atoms with Gasteiger partial charge in [-0.15, -0.1) is 0 Å². The summed E-state index contributed by atoms with van der Waals surface area (Å²) in [6.45, 7) is 0. The van der Waals surface area contributed by atoms with Crippen LogP contribution >= 0.6 is 0 Å². The number of hydrogen-bond acceptors (Lipinski definition) is 2. The van der Waals surface area contributed by atoms with Crippen LogP contribution in [0.4, 0.5) is 0 Å². The molecule has 8 aromatic carbocycles. The van der Waals surface area contributed by atoms with E-state index >= 15 is 0 Å². The number of rotatable bonds is 3. The van der Waals surface area contributed by atoms with Crippen molar-refractivity contribution < 1.29 is 0 Å². The standard InChI is InChI=1S/C44H24N2/c45-25-27-12-16-29(17-13-27)33-20-21-34(30-18-14-28(26-46)15-19-30)44-40-23-22-37(38-10-5-11-39(42(38)40)43(33)44)41-24-31-6-1-2-7-32(31)35-8-3-4-9-36(35)41/h1-24H. The van der Waals surface area contributed by atoms with Gasteiger partial charge in [0.05, 0.1) is 23.3 Å². The number of nitriles is 2. The van der Waals surface area contributed by atoms with E-state index in [2.05, 4.69) is 109 Å². The van der Waals surface area contributed by atoms with Crippen molar-refractivity contribution in [3.63, 3.8) is 0 Å². The Kier molecular flexibility index (Phi) is 5.66. The van der Waals surface area contributed by atoms with E-state index in [1.54, 1.807) is 0 Å². The lowest BCUT2D eigenvalue weighted by molar-refractivity contribution is 1.48. The van der Waals surface area contributed by atoms with Crippen LogP contribution in [0.1, 0.15) is 11.1 Å². The van der Waals surface area contributed by atoms with E-state index in [1.165, 1.54) is 65.7 Å². The van der Waals surface area contributed by atoms with Gasteiger partial charge in [0.2, 0.25) is 0 Å². The fourth-order valence-electron chi connectivity index (χ4n) is 7.43. The van der Waals surface area contributed by atoms with Crippen LogP contribution in [0.3, 0.4) is 0 Å². The van der Waals surface area contributed by atoms with Gasteiger partial charge in [-0.05, 0) is 118 Å². The van der Waals surface area contributed by atoms with E-state index in [1.807, 2.05) is 48.5 Å². The highest BCUT2D eigenvalue weighted by Crippen LogP contribution is 2.56. The summed E-state index contributed by atoms with van der Waals surface area (Å²) in [5.41, 5.74) is 13.0. The molecule has 0 spiro atoms. The van der Waals surface area contributed by atoms with E-state index in [0.717, 1.165) is 22.3 Å². The Labute approximate surface area is 266 Å². The van der Waals surface area contributed by atoms with Gasteiger partial charge >= 0.3 is 0 Å². The summed E-state index contributed by atoms with van der Waals surface area (Å²) in [6.07, 6.45) is 0. The maximum atomic E-state index is 9.45. The zero-order valence-electron chi connectivity index (χ0n) is 24.8. The Morgan fingerprint density at radius 1 is 0.348 bits per heavy atom. The van der Waals surface area contributed by atoms with Crippen LogP contribution in [0.15, 0.2) is 146 Å². The molecule has 46 heavy (non-hydrogen) atoms. The average molecular weight is 581 g/mol. The number of hydrogen-bond donors (Lipinski definition) is 0. The van der Waals surface area contributed by atoms with Crippen LogP contribution in [0.2, 0.25) is 0 Å². The number of fused-ring (bicyclic) bond motifs is 6. The van der Waals surface area contributed by atoms with Gasteiger partial charge in [-0.3, -0.25) is 0 Å². The first-order valence-electron chi connectivity index (χ1n) is 15.4. The van der Waals surface area contributed by atoms with Crippen LogP contribution in [0.5, 0.6) is 0 Å². The summed E-state index contributed by atoms with van der Waals surface area (Å²) in [4.78, 5) is 0. The van der Waals surface area contributed by atoms with Crippen LogP contribution in [0.25, 0.3) is 88.0 Å². The molecule has 0 atom stereocenters. The second-order valence-corrected chi connectivity index (χ2v) is 11.9. The van der Waals surface area contributed by atoms with Crippen LogP contribution in [0, 0.1) is 22.7 Å². The van der Waals surface area contributed by atoms with Gasteiger partial charge in [-0.25, -0.2) is 0 Å². The minimum absolute atomic E-state index is 0.646. The fourth-order valence-corrected chi connectivity index (χ4v) is 7.43. The van der Waals surface area contributed by atoms with Crippen LogP contribution < -0.4 is 0 Å². The maximum absolute atomic E-state index is 9.45. The maximum Gasteiger partial charge on any atom is 0.0991 e. The molecule has 0 saturated carbocycles. The minimum atomic E-state index is 0.646. The first-order valence-corrected chi connectivity index (χ1v) is 15.4. The predicted molar refractivity (Wildman–Crippen MR) is 189 cm³/mol. The molecule has 9 rings (SSSR count). The normalized spacial score (nSPS) is 11.4. The second kappa shape index (κ2) is 10.0. The molecule has 0 radical (unpaired) electrons. The highest BCUT2D eigenvalue weighted by molar-refractivity contribution is 6.25. The zero-order chi connectivity index (χ0) is 30.8. The third-order valence-corrected chi connectivity index (χ3v) is 9.49. The Balaban J connectivity index is 1.36. The van der Waals surface area contributed by atoms with Crippen molar-refractivity contribution in [3.05, 3.63) is 157 Å². The van der Waals surface area contributed by atoms with Gasteiger partial charge in [0.15, 0.2) is 0 Å². The topological polar surface area (TPSA) is 47.6 Å². The molecule has 0 fully saturated rings. The van der Waals surface area contributed by atoms with E-state index in [4.69, 9.17) is 0 Å². The third kappa shape index (κ3) is 3.75. The summed E-state index contributed by atoms with van der Waals surface area (Å²) >= 11 is 0. The Hall–Kier alpha value is -6.48. The molecular formula is C44H24N2. The third-order valence-electron chi connectivity index (χ3n) is 9.49. The summed E-state index contributed by atoms with van der Waals surface area (Å²) in [7, 11) is 0. The van der Waals surface area contributed by atoms with Crippen molar-refractivity contribution in [2.24, 2.45) is 0 Å². The zero-order valence-corrected chi connectivity index (χ0v) is 24.8. The van der Waals surface area contributed by atoms with E-state index in [9.17, 15) is 10.5 Å². The molecule has 2 heteroatoms. The molecule has 8 aromatic rings. The summed E-state index contributed by atoms with van der Waals surface area (Å²) in [6, 6.07) is 55.6. The quantitative estimate of drug-likeness (QED) is 0.195. The Morgan fingerprint density at radius 2 is 0.848 bits per heavy atom. The van der Waals surface area contributed by atoms with Crippen molar-refractivity contribution in [1.29, 1.82) is 10.5 Å². The largest absolute Gasteiger partial charge is 0.192 e. The number of nitrogens with zero attached hydrogens (tertiary/aromatic N) is 2. The lowest BCUT2D eigenvalue weighted by Gasteiger charge is -2.16. The van der Waals surface area contributed by atoms with Gasteiger partial charge in [-0.2, -0.15) is 10.5 Å². The molecule has 0 saturated heterocycles. The Bertz CT molecular complexity index is 2540. The molecule has 2 nitrogen and oxygen atoms in total. The number of benzene rings is 8. The van der Waals surface area contributed by atoms with Gasteiger partial charge in [0.1, 0.15) is 0 Å². The molecule has 210 valence electrons. The molecular weight excluding hydrogens is 556 g/mol. The molecule has 0 unspecified atom stereocenters. The van der Waals surface area contributed by atoms with Crippen LogP contribution in [-0.2, 0) is 0 Å². The molecule has 0 bridgehead atoms. The van der Waals surface area contributed by atoms with Crippen molar-refractivity contribution in [2.75, 3.05) is 0 Å². The van der Waals surface area contributed by atoms with Gasteiger partial charge in [0.25, 0.3) is 0 Å². The molecule has 0 amide bonds. The van der Waals surface area contributed by atoms with Crippen molar-refractivity contribution >= 4 is 32.3 Å². The lowest BCUT2D eigenvalue weighted by Crippen LogP contribution is -1.90. The minimum Gasteiger partial charge on any atom is -0.192 e. The molecule has 1 aliphatic rings. The van der Waals surface area contributed by atoms with Crippen molar-refractivity contribution in [1.82, 2.24) is 0 Å². The second-order valence-electron chi connectivity index (χ2n) is 11.9. The molecule has 0 N–H and O–H groups in total. The average Bonchev–Trinajstić information content (AvgIpc) is 3.47. The van der Waals surface area contributed by atoms with Gasteiger partial charge in [0, 0.05) is 0 Å². The summed E-state index contributed by atoms with van der Waals surface area (Å²) < 4.78 is 0. The predicted octanol–water partition coefficient (Wildman–Crippen LogP) is 11.5. The molecule has 1 aliphatic carbocycles. The highest BCUT2D eigenvalue weighted by atomic mass is 14.3. The first-order chi connectivity index (χ1) is 22.7. The van der Waals surface area contributed by atoms with E-state index < -0.39 is 0 Å². The van der Waals surface area contributed by atoms with Crippen molar-refractivity contribution in [3.8, 4) is 67.8 Å². The highest BCUT2D eigenvalue weighted by Gasteiger charge is 2.29. The van der Waals surface area contributed by atoms with E-state index in [0.29, 0.717) is 11.1 Å². The van der Waals surface area contributed by atoms with Gasteiger partial charge < -0.3 is 0 Å². The lowest BCUT2D eigenvalue weighted by atomic mass is 9.87. The van der Waals surface area contributed by atoms with Crippen LogP contribution in [-0.4, -0.2) is 0 Å². The smallest absolute Gasteiger partial charge is 0.0991 e. The molecule has 0 aromatic heterocycles. The Morgan fingerprint density at radius 3 is 1.48 bits per heavy atom. The van der Waals surface area contributed by atoms with E-state index in [-0.39, 0.29) is 0 Å². The van der Waals surface area contributed by atoms with Crippen molar-refractivity contribution in [2.45, 2.75) is 0 Å². The first kappa shape index (κ1) is 26.0. The molecule has 0 aliphatic heterocycles. The molecule has 0 heterocycles. The SMILES string of the molecule is N#Cc1ccc(-c2ccc(-c3ccc(C#N)cc3)c3c2-c2cccc4c(-c5cc6ccccc6c6ccccc56)ccc-3c24)cc1. The summed E-state index contributed by atoms with van der Waals surface area (Å²) in [5.74, 6) is 0. The fraction of sp³-hybridized carbons (Fsp3) is 0. The summed E-state index contributed by atoms with van der Waals surface area (Å²) in [5, 5.41) is 26.4.